The molecular formula is C16H13Cl3N2. The van der Waals surface area contributed by atoms with Crippen LogP contribution in [0.25, 0.3) is 10.9 Å². The number of hydrogen-bond donors (Lipinski definition) is 1. The lowest BCUT2D eigenvalue weighted by Gasteiger charge is -2.09. The van der Waals surface area contributed by atoms with Crippen molar-refractivity contribution in [1.29, 1.82) is 0 Å². The number of nitrogens with two attached hydrogens (primary N) is 1. The molecule has 2 nitrogen and oxygen atoms in total. The second kappa shape index (κ2) is 5.90. The maximum Gasteiger partial charge on any atom is 0.0505 e. The number of rotatable bonds is 3. The van der Waals surface area contributed by atoms with Crippen molar-refractivity contribution in [3.63, 3.8) is 0 Å². The molecular weight excluding hydrogens is 327 g/mol. The fourth-order valence-electron chi connectivity index (χ4n) is 2.49. The van der Waals surface area contributed by atoms with E-state index in [0.29, 0.717) is 28.2 Å². The molecule has 5 heteroatoms. The summed E-state index contributed by atoms with van der Waals surface area (Å²) in [7, 11) is 0. The molecule has 0 saturated heterocycles. The molecule has 0 saturated carbocycles. The molecule has 0 fully saturated rings. The predicted molar refractivity (Wildman–Crippen MR) is 90.4 cm³/mol. The molecule has 3 aromatic rings. The second-order valence-corrected chi connectivity index (χ2v) is 6.10. The third-order valence-corrected chi connectivity index (χ3v) is 4.48. The SMILES string of the molecule is NCc1cn(Cc2c(Cl)cccc2Cl)c2cc(Cl)ccc12. The number of fused-ring (bicyclic) bond motifs is 1. The molecule has 0 aliphatic rings. The van der Waals surface area contributed by atoms with Gasteiger partial charge < -0.3 is 10.3 Å². The highest BCUT2D eigenvalue weighted by atomic mass is 35.5. The normalized spacial score (nSPS) is 11.2. The summed E-state index contributed by atoms with van der Waals surface area (Å²) in [6, 6.07) is 11.3. The zero-order valence-electron chi connectivity index (χ0n) is 11.1. The fourth-order valence-corrected chi connectivity index (χ4v) is 3.17. The Morgan fingerprint density at radius 1 is 1.00 bits per heavy atom. The number of benzene rings is 2. The Bertz CT molecular complexity index is 788. The molecule has 1 heterocycles. The van der Waals surface area contributed by atoms with Crippen LogP contribution in [0.5, 0.6) is 0 Å². The summed E-state index contributed by atoms with van der Waals surface area (Å²) in [4.78, 5) is 0. The molecule has 0 bridgehead atoms. The predicted octanol–water partition coefficient (Wildman–Crippen LogP) is 5.11. The van der Waals surface area contributed by atoms with Crippen molar-refractivity contribution in [2.75, 3.05) is 0 Å². The third kappa shape index (κ3) is 2.77. The van der Waals surface area contributed by atoms with Gasteiger partial charge in [-0.3, -0.25) is 0 Å². The Kier molecular flexibility index (Phi) is 4.14. The molecule has 0 spiro atoms. The van der Waals surface area contributed by atoms with Gasteiger partial charge in [-0.05, 0) is 29.8 Å². The van der Waals surface area contributed by atoms with Crippen molar-refractivity contribution in [3.8, 4) is 0 Å². The number of aromatic nitrogens is 1. The van der Waals surface area contributed by atoms with Crippen LogP contribution in [0.2, 0.25) is 15.1 Å². The van der Waals surface area contributed by atoms with Crippen molar-refractivity contribution < 1.29 is 0 Å². The first kappa shape index (κ1) is 14.7. The summed E-state index contributed by atoms with van der Waals surface area (Å²) in [5.74, 6) is 0. The van der Waals surface area contributed by atoms with Gasteiger partial charge in [-0.2, -0.15) is 0 Å². The van der Waals surface area contributed by atoms with Crippen molar-refractivity contribution in [1.82, 2.24) is 4.57 Å². The Morgan fingerprint density at radius 3 is 2.38 bits per heavy atom. The van der Waals surface area contributed by atoms with Crippen LogP contribution < -0.4 is 5.73 Å². The summed E-state index contributed by atoms with van der Waals surface area (Å²) in [6.45, 7) is 1.05. The highest BCUT2D eigenvalue weighted by Crippen LogP contribution is 2.29. The molecule has 0 atom stereocenters. The average molecular weight is 340 g/mol. The standard InChI is InChI=1S/C16H13Cl3N2/c17-11-4-5-12-10(7-20)8-21(16(12)6-11)9-13-14(18)2-1-3-15(13)19/h1-6,8H,7,9,20H2. The van der Waals surface area contributed by atoms with E-state index in [1.165, 1.54) is 0 Å². The van der Waals surface area contributed by atoms with Gasteiger partial charge in [-0.15, -0.1) is 0 Å². The molecule has 2 N–H and O–H groups in total. The maximum absolute atomic E-state index is 6.25. The summed E-state index contributed by atoms with van der Waals surface area (Å²) < 4.78 is 2.08. The maximum atomic E-state index is 6.25. The first-order chi connectivity index (χ1) is 10.1. The van der Waals surface area contributed by atoms with Gasteiger partial charge in [0.15, 0.2) is 0 Å². The van der Waals surface area contributed by atoms with E-state index in [0.717, 1.165) is 22.0 Å². The van der Waals surface area contributed by atoms with E-state index >= 15 is 0 Å². The molecule has 0 radical (unpaired) electrons. The molecule has 0 aliphatic heterocycles. The van der Waals surface area contributed by atoms with Gasteiger partial charge in [0.05, 0.1) is 12.1 Å². The summed E-state index contributed by atoms with van der Waals surface area (Å²) in [5.41, 5.74) is 8.81. The first-order valence-electron chi connectivity index (χ1n) is 6.50. The van der Waals surface area contributed by atoms with Crippen LogP contribution in [0, 0.1) is 0 Å². The molecule has 0 amide bonds. The quantitative estimate of drug-likeness (QED) is 0.706. The van der Waals surface area contributed by atoms with Gasteiger partial charge in [-0.25, -0.2) is 0 Å². The summed E-state index contributed by atoms with van der Waals surface area (Å²) >= 11 is 18.6. The van der Waals surface area contributed by atoms with Crippen LogP contribution in [0.1, 0.15) is 11.1 Å². The first-order valence-corrected chi connectivity index (χ1v) is 7.63. The Hall–Kier alpha value is -1.19. The van der Waals surface area contributed by atoms with E-state index in [9.17, 15) is 0 Å². The van der Waals surface area contributed by atoms with Gasteiger partial charge in [0, 0.05) is 38.8 Å². The average Bonchev–Trinajstić information content (AvgIpc) is 2.80. The molecule has 0 unspecified atom stereocenters. The number of halogens is 3. The Labute approximate surface area is 138 Å². The van der Waals surface area contributed by atoms with Crippen LogP contribution in [-0.2, 0) is 13.1 Å². The lowest BCUT2D eigenvalue weighted by atomic mass is 10.2. The summed E-state index contributed by atoms with van der Waals surface area (Å²) in [5, 5.41) is 3.10. The molecule has 21 heavy (non-hydrogen) atoms. The minimum atomic E-state index is 0.474. The topological polar surface area (TPSA) is 30.9 Å². The van der Waals surface area contributed by atoms with E-state index < -0.39 is 0 Å². The smallest absolute Gasteiger partial charge is 0.0505 e. The van der Waals surface area contributed by atoms with Crippen molar-refractivity contribution >= 4 is 45.7 Å². The number of hydrogen-bond acceptors (Lipinski definition) is 1. The minimum absolute atomic E-state index is 0.474. The van der Waals surface area contributed by atoms with Crippen LogP contribution in [0.3, 0.4) is 0 Å². The Morgan fingerprint density at radius 2 is 1.71 bits per heavy atom. The van der Waals surface area contributed by atoms with Gasteiger partial charge in [0.2, 0.25) is 0 Å². The van der Waals surface area contributed by atoms with Gasteiger partial charge >= 0.3 is 0 Å². The lowest BCUT2D eigenvalue weighted by Crippen LogP contribution is -2.00. The third-order valence-electron chi connectivity index (χ3n) is 3.54. The molecule has 108 valence electrons. The fraction of sp³-hybridized carbons (Fsp3) is 0.125. The van der Waals surface area contributed by atoms with E-state index in [4.69, 9.17) is 40.5 Å². The van der Waals surface area contributed by atoms with E-state index in [1.54, 1.807) is 0 Å². The second-order valence-electron chi connectivity index (χ2n) is 4.85. The van der Waals surface area contributed by atoms with Crippen LogP contribution in [0.4, 0.5) is 0 Å². The van der Waals surface area contributed by atoms with Gasteiger partial charge in [0.1, 0.15) is 0 Å². The van der Waals surface area contributed by atoms with Crippen LogP contribution in [-0.4, -0.2) is 4.57 Å². The van der Waals surface area contributed by atoms with Gasteiger partial charge in [0.25, 0.3) is 0 Å². The minimum Gasteiger partial charge on any atom is -0.343 e. The van der Waals surface area contributed by atoms with Crippen molar-refractivity contribution in [2.45, 2.75) is 13.1 Å². The van der Waals surface area contributed by atoms with Crippen LogP contribution >= 0.6 is 34.8 Å². The molecule has 2 aromatic carbocycles. The monoisotopic (exact) mass is 338 g/mol. The van der Waals surface area contributed by atoms with Crippen molar-refractivity contribution in [3.05, 3.63) is 68.8 Å². The van der Waals surface area contributed by atoms with E-state index in [-0.39, 0.29) is 0 Å². The van der Waals surface area contributed by atoms with E-state index in [2.05, 4.69) is 4.57 Å². The van der Waals surface area contributed by atoms with E-state index in [1.807, 2.05) is 42.6 Å². The highest BCUT2D eigenvalue weighted by Gasteiger charge is 2.11. The van der Waals surface area contributed by atoms with Gasteiger partial charge in [-0.1, -0.05) is 46.9 Å². The largest absolute Gasteiger partial charge is 0.343 e. The number of nitrogens with zero attached hydrogens (tertiary/aromatic N) is 1. The zero-order chi connectivity index (χ0) is 15.0. The van der Waals surface area contributed by atoms with Crippen molar-refractivity contribution in [2.24, 2.45) is 5.73 Å². The van der Waals surface area contributed by atoms with Crippen LogP contribution in [0.15, 0.2) is 42.6 Å². The molecule has 1 aromatic heterocycles. The molecule has 0 aliphatic carbocycles. The molecule has 3 rings (SSSR count). The Balaban J connectivity index is 2.14. The zero-order valence-corrected chi connectivity index (χ0v) is 13.4. The lowest BCUT2D eigenvalue weighted by molar-refractivity contribution is 0.830. The highest BCUT2D eigenvalue weighted by molar-refractivity contribution is 6.36. The summed E-state index contributed by atoms with van der Waals surface area (Å²) in [6.07, 6.45) is 2.03.